The predicted octanol–water partition coefficient (Wildman–Crippen LogP) is 4.19. The topological polar surface area (TPSA) is 96.4 Å². The third-order valence-corrected chi connectivity index (χ3v) is 6.23. The molecule has 1 aromatic carbocycles. The van der Waals surface area contributed by atoms with Crippen LogP contribution in [-0.4, -0.2) is 85.1 Å². The Bertz CT molecular complexity index is 1130. The number of carbonyl (C=O) groups is 1. The summed E-state index contributed by atoms with van der Waals surface area (Å²) >= 11 is 0. The minimum absolute atomic E-state index is 0.0516. The molecule has 2 amide bonds. The number of alkyl halides is 3. The minimum Gasteiger partial charge on any atom is -0.475 e. The molecule has 1 atom stereocenters. The molecule has 1 aromatic heterocycles. The average molecular weight is 539 g/mol. The first-order valence-electron chi connectivity index (χ1n) is 12.5. The van der Waals surface area contributed by atoms with Crippen molar-refractivity contribution in [3.05, 3.63) is 35.9 Å². The van der Waals surface area contributed by atoms with Gasteiger partial charge in [-0.3, -0.25) is 4.74 Å². The van der Waals surface area contributed by atoms with E-state index in [-0.39, 0.29) is 26.1 Å². The van der Waals surface area contributed by atoms with Crippen LogP contribution in [0.5, 0.6) is 5.88 Å². The lowest BCUT2D eigenvalue weighted by Gasteiger charge is -2.29. The fraction of sp³-hybridized carbons (Fsp3) is 0.538. The zero-order valence-electron chi connectivity index (χ0n) is 21.7. The van der Waals surface area contributed by atoms with E-state index in [0.29, 0.717) is 43.7 Å². The first-order valence-corrected chi connectivity index (χ1v) is 12.5. The molecule has 2 aliphatic heterocycles. The Labute approximate surface area is 219 Å². The number of halogens is 3. The van der Waals surface area contributed by atoms with Gasteiger partial charge in [-0.1, -0.05) is 6.07 Å². The SMILES string of the molecule is Cc1ccc(NC(=O)N2CC[C@H](OC(F)(F)F)C2)cc1-c1cc(OCC(C)(C)O)nc(N2CCOCC2)c1. The van der Waals surface area contributed by atoms with Crippen molar-refractivity contribution in [1.29, 1.82) is 0 Å². The van der Waals surface area contributed by atoms with Gasteiger partial charge in [0, 0.05) is 37.9 Å². The molecular weight excluding hydrogens is 505 g/mol. The number of amides is 2. The van der Waals surface area contributed by atoms with Gasteiger partial charge in [-0.05, 0) is 62.1 Å². The van der Waals surface area contributed by atoms with Crippen molar-refractivity contribution in [2.45, 2.75) is 45.3 Å². The molecule has 2 aliphatic rings. The van der Waals surface area contributed by atoms with Crippen molar-refractivity contribution in [3.8, 4) is 17.0 Å². The average Bonchev–Trinajstić information content (AvgIpc) is 3.31. The van der Waals surface area contributed by atoms with Gasteiger partial charge in [-0.25, -0.2) is 4.79 Å². The molecule has 3 heterocycles. The van der Waals surface area contributed by atoms with Crippen molar-refractivity contribution in [3.63, 3.8) is 0 Å². The largest absolute Gasteiger partial charge is 0.522 e. The number of aliphatic hydroxyl groups is 1. The van der Waals surface area contributed by atoms with Crippen LogP contribution in [0, 0.1) is 6.92 Å². The Kier molecular flexibility index (Phi) is 8.34. The molecule has 9 nitrogen and oxygen atoms in total. The van der Waals surface area contributed by atoms with Crippen LogP contribution in [0.15, 0.2) is 30.3 Å². The smallest absolute Gasteiger partial charge is 0.475 e. The first-order chi connectivity index (χ1) is 17.9. The number of aromatic nitrogens is 1. The van der Waals surface area contributed by atoms with E-state index in [1.165, 1.54) is 4.90 Å². The summed E-state index contributed by atoms with van der Waals surface area (Å²) in [4.78, 5) is 20.8. The number of morpholine rings is 1. The predicted molar refractivity (Wildman–Crippen MR) is 135 cm³/mol. The van der Waals surface area contributed by atoms with Gasteiger partial charge in [0.05, 0.1) is 24.9 Å². The molecular formula is C26H33F3N4O5. The lowest BCUT2D eigenvalue weighted by Crippen LogP contribution is -2.36. The van der Waals surface area contributed by atoms with Gasteiger partial charge in [0.2, 0.25) is 5.88 Å². The maximum absolute atomic E-state index is 12.8. The third-order valence-electron chi connectivity index (χ3n) is 6.23. The number of rotatable bonds is 7. The summed E-state index contributed by atoms with van der Waals surface area (Å²) in [7, 11) is 0. The lowest BCUT2D eigenvalue weighted by atomic mass is 10.00. The molecule has 208 valence electrons. The molecule has 0 aliphatic carbocycles. The third kappa shape index (κ3) is 7.71. The van der Waals surface area contributed by atoms with Crippen molar-refractivity contribution >= 4 is 17.5 Å². The van der Waals surface area contributed by atoms with E-state index >= 15 is 0 Å². The molecule has 0 unspecified atom stereocenters. The van der Waals surface area contributed by atoms with E-state index in [1.54, 1.807) is 26.0 Å². The number of hydrogen-bond acceptors (Lipinski definition) is 7. The number of nitrogens with one attached hydrogen (secondary N) is 1. The zero-order valence-corrected chi connectivity index (χ0v) is 21.7. The molecule has 2 aromatic rings. The van der Waals surface area contributed by atoms with E-state index in [0.717, 1.165) is 16.7 Å². The lowest BCUT2D eigenvalue weighted by molar-refractivity contribution is -0.340. The highest BCUT2D eigenvalue weighted by atomic mass is 19.4. The molecule has 0 bridgehead atoms. The van der Waals surface area contributed by atoms with Gasteiger partial charge in [0.1, 0.15) is 12.4 Å². The second kappa shape index (κ2) is 11.3. The van der Waals surface area contributed by atoms with Gasteiger partial charge in [0.25, 0.3) is 0 Å². The van der Waals surface area contributed by atoms with Crippen molar-refractivity contribution in [1.82, 2.24) is 9.88 Å². The molecule has 2 fully saturated rings. The molecule has 0 saturated carbocycles. The number of nitrogens with zero attached hydrogens (tertiary/aromatic N) is 3. The van der Waals surface area contributed by atoms with Crippen LogP contribution in [0.2, 0.25) is 0 Å². The van der Waals surface area contributed by atoms with Crippen LogP contribution in [0.4, 0.5) is 29.5 Å². The monoisotopic (exact) mass is 538 g/mol. The summed E-state index contributed by atoms with van der Waals surface area (Å²) in [5.74, 6) is 1.06. The quantitative estimate of drug-likeness (QED) is 0.546. The van der Waals surface area contributed by atoms with Gasteiger partial charge < -0.3 is 29.7 Å². The zero-order chi connectivity index (χ0) is 27.5. The highest BCUT2D eigenvalue weighted by molar-refractivity contribution is 5.90. The number of aryl methyl sites for hydroxylation is 1. The molecule has 12 heteroatoms. The van der Waals surface area contributed by atoms with Crippen molar-refractivity contribution < 1.29 is 37.3 Å². The summed E-state index contributed by atoms with van der Waals surface area (Å²) in [5.41, 5.74) is 2.03. The van der Waals surface area contributed by atoms with Crippen LogP contribution in [-0.2, 0) is 9.47 Å². The van der Waals surface area contributed by atoms with E-state index in [4.69, 9.17) is 9.47 Å². The fourth-order valence-electron chi connectivity index (χ4n) is 4.34. The van der Waals surface area contributed by atoms with Gasteiger partial charge in [-0.15, -0.1) is 13.2 Å². The Morgan fingerprint density at radius 1 is 1.18 bits per heavy atom. The Balaban J connectivity index is 1.55. The van der Waals surface area contributed by atoms with Crippen LogP contribution in [0.3, 0.4) is 0 Å². The Morgan fingerprint density at radius 2 is 1.92 bits per heavy atom. The summed E-state index contributed by atoms with van der Waals surface area (Å²) in [6, 6.07) is 8.64. The summed E-state index contributed by atoms with van der Waals surface area (Å²) in [6.07, 6.45) is -5.70. The van der Waals surface area contributed by atoms with Gasteiger partial charge >= 0.3 is 12.4 Å². The standard InChI is InChI=1S/C26H33F3N4O5/c1-17-4-5-19(30-24(34)33-7-6-20(15-33)38-26(27,28)29)14-21(17)18-12-22(32-8-10-36-11-9-32)31-23(13-18)37-16-25(2,3)35/h4-5,12-14,20,35H,6-11,15-16H2,1-3H3,(H,30,34)/t20-/m0/s1. The van der Waals surface area contributed by atoms with E-state index in [9.17, 15) is 23.1 Å². The molecule has 0 radical (unpaired) electrons. The van der Waals surface area contributed by atoms with Crippen LogP contribution < -0.4 is 15.0 Å². The Hall–Kier alpha value is -3.09. The highest BCUT2D eigenvalue weighted by Crippen LogP contribution is 2.33. The van der Waals surface area contributed by atoms with E-state index < -0.39 is 24.1 Å². The number of hydrogen-bond donors (Lipinski definition) is 2. The van der Waals surface area contributed by atoms with Crippen molar-refractivity contribution in [2.75, 3.05) is 56.2 Å². The molecule has 4 rings (SSSR count). The van der Waals surface area contributed by atoms with E-state index in [2.05, 4.69) is 19.9 Å². The number of urea groups is 1. The first kappa shape index (κ1) is 27.9. The van der Waals surface area contributed by atoms with Gasteiger partial charge in [0.15, 0.2) is 0 Å². The highest BCUT2D eigenvalue weighted by Gasteiger charge is 2.37. The number of pyridine rings is 1. The second-order valence-corrected chi connectivity index (χ2v) is 10.1. The summed E-state index contributed by atoms with van der Waals surface area (Å²) in [5, 5.41) is 12.9. The molecule has 38 heavy (non-hydrogen) atoms. The van der Waals surface area contributed by atoms with Crippen LogP contribution in [0.25, 0.3) is 11.1 Å². The number of likely N-dealkylation sites (tertiary alicyclic amines) is 1. The number of anilines is 2. The molecule has 0 spiro atoms. The number of benzene rings is 1. The molecule has 2 N–H and O–H groups in total. The fourth-order valence-corrected chi connectivity index (χ4v) is 4.34. The number of carbonyl (C=O) groups excluding carboxylic acids is 1. The maximum atomic E-state index is 12.8. The summed E-state index contributed by atoms with van der Waals surface area (Å²) in [6.45, 7) is 7.82. The van der Waals surface area contributed by atoms with Crippen LogP contribution >= 0.6 is 0 Å². The molecule has 2 saturated heterocycles. The van der Waals surface area contributed by atoms with Crippen LogP contribution in [0.1, 0.15) is 25.8 Å². The van der Waals surface area contributed by atoms with Gasteiger partial charge in [-0.2, -0.15) is 4.98 Å². The summed E-state index contributed by atoms with van der Waals surface area (Å²) < 4.78 is 52.9. The normalized spacial score (nSPS) is 18.6. The van der Waals surface area contributed by atoms with Crippen molar-refractivity contribution in [2.24, 2.45) is 0 Å². The number of ether oxygens (including phenoxy) is 3. The Morgan fingerprint density at radius 3 is 2.61 bits per heavy atom. The van der Waals surface area contributed by atoms with E-state index in [1.807, 2.05) is 25.1 Å². The second-order valence-electron chi connectivity index (χ2n) is 10.1. The minimum atomic E-state index is -4.73. The maximum Gasteiger partial charge on any atom is 0.522 e.